The van der Waals surface area contributed by atoms with Crippen LogP contribution < -0.4 is 0 Å². The number of fused-ring (bicyclic) bond motifs is 4. The molecule has 4 rings (SSSR count). The van der Waals surface area contributed by atoms with Gasteiger partial charge in [-0.3, -0.25) is 0 Å². The number of ether oxygens (including phenoxy) is 4. The van der Waals surface area contributed by atoms with E-state index in [4.69, 9.17) is 18.9 Å². The Morgan fingerprint density at radius 1 is 0.875 bits per heavy atom. The molecule has 0 aliphatic heterocycles. The number of hydrogen-bond acceptors (Lipinski definition) is 7. The molecule has 4 saturated carbocycles. The molecule has 7 nitrogen and oxygen atoms in total. The molecule has 7 heteroatoms. The number of aliphatic hydroxyl groups is 1. The summed E-state index contributed by atoms with van der Waals surface area (Å²) in [5.41, 5.74) is -1.13. The van der Waals surface area contributed by atoms with E-state index < -0.39 is 11.0 Å². The zero-order valence-electron chi connectivity index (χ0n) is 25.7. The predicted molar refractivity (Wildman–Crippen MR) is 154 cm³/mol. The highest BCUT2D eigenvalue weighted by Crippen LogP contribution is 2.51. The molecule has 4 bridgehead atoms. The number of carbonyl (C=O) groups excluding carboxylic acids is 2. The van der Waals surface area contributed by atoms with E-state index in [0.29, 0.717) is 17.8 Å². The third kappa shape index (κ3) is 7.80. The van der Waals surface area contributed by atoms with Crippen LogP contribution in [0.2, 0.25) is 0 Å². The topological polar surface area (TPSA) is 91.3 Å². The van der Waals surface area contributed by atoms with Crippen molar-refractivity contribution in [1.29, 1.82) is 0 Å². The van der Waals surface area contributed by atoms with Gasteiger partial charge in [-0.25, -0.2) is 9.59 Å². The molecular formula is C33H56O7. The van der Waals surface area contributed by atoms with Gasteiger partial charge in [-0.15, -0.1) is 0 Å². The summed E-state index contributed by atoms with van der Waals surface area (Å²) in [4.78, 5) is 25.5. The van der Waals surface area contributed by atoms with Crippen LogP contribution in [-0.4, -0.2) is 61.8 Å². The van der Waals surface area contributed by atoms with Crippen molar-refractivity contribution < 1.29 is 33.6 Å². The van der Waals surface area contributed by atoms with Gasteiger partial charge in [0.05, 0.1) is 19.8 Å². The molecule has 4 fully saturated rings. The van der Waals surface area contributed by atoms with Crippen LogP contribution in [0.5, 0.6) is 0 Å². The summed E-state index contributed by atoms with van der Waals surface area (Å²) >= 11 is 0. The fourth-order valence-electron chi connectivity index (χ4n) is 8.88. The van der Waals surface area contributed by atoms with Gasteiger partial charge in [-0.2, -0.15) is 0 Å². The van der Waals surface area contributed by atoms with E-state index in [1.54, 1.807) is 0 Å². The van der Waals surface area contributed by atoms with Gasteiger partial charge in [0.1, 0.15) is 24.9 Å². The average Bonchev–Trinajstić information content (AvgIpc) is 2.94. The van der Waals surface area contributed by atoms with Gasteiger partial charge in [0, 0.05) is 5.41 Å². The first-order valence-electron chi connectivity index (χ1n) is 16.4. The molecule has 0 spiro atoms. The zero-order chi connectivity index (χ0) is 28.8. The van der Waals surface area contributed by atoms with E-state index in [-0.39, 0.29) is 51.1 Å². The van der Waals surface area contributed by atoms with Crippen LogP contribution in [0.4, 0.5) is 0 Å². The van der Waals surface area contributed by atoms with Gasteiger partial charge in [-0.1, -0.05) is 59.8 Å². The lowest BCUT2D eigenvalue weighted by Gasteiger charge is -2.52. The number of carbonyl (C=O) groups is 2. The molecule has 40 heavy (non-hydrogen) atoms. The molecule has 0 heterocycles. The van der Waals surface area contributed by atoms with E-state index in [2.05, 4.69) is 20.8 Å². The Kier molecular flexibility index (Phi) is 11.4. The molecule has 0 saturated heterocycles. The summed E-state index contributed by atoms with van der Waals surface area (Å²) in [6.45, 7) is 8.09. The fourth-order valence-corrected chi connectivity index (χ4v) is 8.88. The zero-order valence-corrected chi connectivity index (χ0v) is 25.7. The van der Waals surface area contributed by atoms with Crippen LogP contribution in [0, 0.1) is 40.9 Å². The maximum atomic E-state index is 12.9. The third-order valence-corrected chi connectivity index (χ3v) is 10.9. The summed E-state index contributed by atoms with van der Waals surface area (Å²) in [6.07, 6.45) is 15.2. The highest BCUT2D eigenvalue weighted by molar-refractivity contribution is 5.71. The van der Waals surface area contributed by atoms with Crippen molar-refractivity contribution in [2.24, 2.45) is 40.9 Å². The largest absolute Gasteiger partial charge is 0.460 e. The van der Waals surface area contributed by atoms with Crippen molar-refractivity contribution in [1.82, 2.24) is 0 Å². The van der Waals surface area contributed by atoms with Crippen molar-refractivity contribution >= 4 is 11.9 Å². The molecule has 0 radical (unpaired) electrons. The molecule has 8 unspecified atom stereocenters. The molecule has 8 atom stereocenters. The quantitative estimate of drug-likeness (QED) is 0.255. The van der Waals surface area contributed by atoms with Gasteiger partial charge >= 0.3 is 11.9 Å². The standard InChI is InChI=1S/C33H56O7/c1-5-29(27-15-25-9-7-10-26(14-25)16-27)39-30(35)18-37-21-32(4,20-34)22-38-19-31(36)40-33(6-2)23(3)13-24-11-8-12-28(33)17-24/h23-29,34H,5-22H2,1-4H3. The molecule has 0 amide bonds. The fraction of sp³-hybridized carbons (Fsp3) is 0.939. The van der Waals surface area contributed by atoms with Gasteiger partial charge < -0.3 is 24.1 Å². The first kappa shape index (κ1) is 31.7. The van der Waals surface area contributed by atoms with Crippen LogP contribution in [-0.2, 0) is 28.5 Å². The highest BCUT2D eigenvalue weighted by Gasteiger charge is 2.51. The average molecular weight is 565 g/mol. The Morgan fingerprint density at radius 3 is 2.08 bits per heavy atom. The van der Waals surface area contributed by atoms with Crippen molar-refractivity contribution in [2.45, 2.75) is 123 Å². The molecule has 0 aromatic carbocycles. The summed E-state index contributed by atoms with van der Waals surface area (Å²) < 4.78 is 23.5. The normalized spacial score (nSPS) is 35.8. The monoisotopic (exact) mass is 564 g/mol. The van der Waals surface area contributed by atoms with E-state index >= 15 is 0 Å². The molecule has 230 valence electrons. The number of hydrogen-bond donors (Lipinski definition) is 1. The predicted octanol–water partition coefficient (Wildman–Crippen LogP) is 6.09. The van der Waals surface area contributed by atoms with Gasteiger partial charge in [0.25, 0.3) is 0 Å². The Hall–Kier alpha value is -1.18. The summed E-state index contributed by atoms with van der Waals surface area (Å²) in [5, 5.41) is 10.0. The Morgan fingerprint density at radius 2 is 1.48 bits per heavy atom. The third-order valence-electron chi connectivity index (χ3n) is 10.9. The second kappa shape index (κ2) is 14.3. The minimum Gasteiger partial charge on any atom is -0.460 e. The second-order valence-electron chi connectivity index (χ2n) is 14.2. The SMILES string of the molecule is CCC(OC(=O)COCC(C)(CO)COCC(=O)OC1(CC)C(C)CC2CCCC1C2)C1CC2CCCC(C2)C1. The molecular weight excluding hydrogens is 508 g/mol. The Bertz CT molecular complexity index is 818. The van der Waals surface area contributed by atoms with Gasteiger partial charge in [0.2, 0.25) is 0 Å². The van der Waals surface area contributed by atoms with Crippen molar-refractivity contribution in [3.63, 3.8) is 0 Å². The molecule has 1 N–H and O–H groups in total. The number of rotatable bonds is 14. The van der Waals surface area contributed by atoms with E-state index in [0.717, 1.165) is 49.9 Å². The maximum absolute atomic E-state index is 12.9. The second-order valence-corrected chi connectivity index (χ2v) is 14.2. The first-order chi connectivity index (χ1) is 19.2. The summed E-state index contributed by atoms with van der Waals surface area (Å²) in [7, 11) is 0. The van der Waals surface area contributed by atoms with E-state index in [9.17, 15) is 14.7 Å². The maximum Gasteiger partial charge on any atom is 0.332 e. The van der Waals surface area contributed by atoms with Crippen LogP contribution in [0.3, 0.4) is 0 Å². The van der Waals surface area contributed by atoms with Crippen molar-refractivity contribution in [2.75, 3.05) is 33.0 Å². The molecule has 4 aliphatic carbocycles. The van der Waals surface area contributed by atoms with Gasteiger partial charge in [0.15, 0.2) is 0 Å². The van der Waals surface area contributed by atoms with Crippen molar-refractivity contribution in [3.8, 4) is 0 Å². The lowest BCUT2D eigenvalue weighted by atomic mass is 9.59. The van der Waals surface area contributed by atoms with Crippen LogP contribution in [0.25, 0.3) is 0 Å². The van der Waals surface area contributed by atoms with Crippen molar-refractivity contribution in [3.05, 3.63) is 0 Å². The number of esters is 2. The first-order valence-corrected chi connectivity index (χ1v) is 16.4. The molecule has 0 aromatic heterocycles. The summed E-state index contributed by atoms with van der Waals surface area (Å²) in [6, 6.07) is 0. The lowest BCUT2D eigenvalue weighted by molar-refractivity contribution is -0.194. The van der Waals surface area contributed by atoms with E-state index in [1.807, 2.05) is 6.92 Å². The Balaban J connectivity index is 1.17. The Labute approximate surface area is 242 Å². The minimum atomic E-state index is -0.733. The lowest BCUT2D eigenvalue weighted by Crippen LogP contribution is -2.53. The highest BCUT2D eigenvalue weighted by atomic mass is 16.6. The van der Waals surface area contributed by atoms with Gasteiger partial charge in [-0.05, 0) is 86.9 Å². The minimum absolute atomic E-state index is 0.0455. The van der Waals surface area contributed by atoms with Crippen LogP contribution >= 0.6 is 0 Å². The molecule has 4 aliphatic rings. The van der Waals surface area contributed by atoms with Crippen LogP contribution in [0.15, 0.2) is 0 Å². The molecule has 0 aromatic rings. The summed E-state index contributed by atoms with van der Waals surface area (Å²) in [5.74, 6) is 2.92. The van der Waals surface area contributed by atoms with E-state index in [1.165, 1.54) is 51.4 Å². The van der Waals surface area contributed by atoms with Crippen LogP contribution in [0.1, 0.15) is 111 Å². The smallest absolute Gasteiger partial charge is 0.332 e. The number of aliphatic hydroxyl groups excluding tert-OH is 1.